The van der Waals surface area contributed by atoms with Crippen molar-refractivity contribution in [2.24, 2.45) is 0 Å². The van der Waals surface area contributed by atoms with Crippen LogP contribution in [0.15, 0.2) is 189 Å². The van der Waals surface area contributed by atoms with Crippen LogP contribution in [0.2, 0.25) is 0 Å². The van der Waals surface area contributed by atoms with E-state index in [0.717, 1.165) is 54.8 Å². The lowest BCUT2D eigenvalue weighted by molar-refractivity contribution is -0.126. The number of thioether (sulfide) groups is 2. The molecule has 6 aliphatic heterocycles. The van der Waals surface area contributed by atoms with Gasteiger partial charge >= 0.3 is 0 Å². The quantitative estimate of drug-likeness (QED) is 0.0345. The summed E-state index contributed by atoms with van der Waals surface area (Å²) in [5.41, 5.74) is 13.5. The van der Waals surface area contributed by atoms with Crippen molar-refractivity contribution in [1.29, 1.82) is 0 Å². The number of carbonyl (C=O) groups excluding carboxylic acids is 6. The maximum absolute atomic E-state index is 13.3. The molecule has 0 atom stereocenters. The van der Waals surface area contributed by atoms with Crippen LogP contribution >= 0.6 is 23.5 Å². The number of likely N-dealkylation sites (N-methyl/N-ethyl adjacent to an activating group) is 6. The van der Waals surface area contributed by atoms with Gasteiger partial charge in [0.25, 0.3) is 35.4 Å². The molecule has 22 nitrogen and oxygen atoms in total. The summed E-state index contributed by atoms with van der Waals surface area (Å²) >= 11 is 3.10. The Hall–Kier alpha value is -9.76. The van der Waals surface area contributed by atoms with Crippen LogP contribution in [0, 0.1) is 0 Å². The van der Waals surface area contributed by atoms with Gasteiger partial charge in [0.2, 0.25) is 0 Å². The Labute approximate surface area is 711 Å². The van der Waals surface area contributed by atoms with Crippen LogP contribution < -0.4 is 19.6 Å². The van der Waals surface area contributed by atoms with E-state index in [4.69, 9.17) is 10.2 Å². The molecule has 6 heterocycles. The van der Waals surface area contributed by atoms with Gasteiger partial charge in [0.05, 0.1) is 94.0 Å². The average Bonchev–Trinajstić information content (AvgIpc) is 1.59. The summed E-state index contributed by atoms with van der Waals surface area (Å²) in [7, 11) is 18.3. The van der Waals surface area contributed by atoms with Gasteiger partial charge in [0.1, 0.15) is 13.5 Å². The molecule has 0 radical (unpaired) electrons. The first-order valence-corrected chi connectivity index (χ1v) is 33.6. The van der Waals surface area contributed by atoms with Crippen LogP contribution in [0.25, 0.3) is 34.2 Å². The SMILES string of the molecule is C.C.C.C.C.C.C.C.C.C.C.C.C.C.C.C.C.C.CN(C)c1ccc(C2=C3C(=O)N(CO)C(c4ccc(N(C)C)cc4)=C3C(=O)N2CO)cc1.CN1C(=O)C2=C(c3ccc(N(C)CCO)cc3)N(C)C(=O)C2=C1c1ccc(N(C)CCO)cc1.CN1C(=O)C2=C(c3ccc(SCCO)cc3)N(C)C(=O)C2=C1c1ccc(SCCO)cc1. The van der Waals surface area contributed by atoms with Crippen molar-refractivity contribution < 1.29 is 59.4 Å². The van der Waals surface area contributed by atoms with E-state index in [1.165, 1.54) is 9.80 Å². The number of carbonyl (C=O) groups is 6. The molecular weight excluding hydrogens is 1500 g/mol. The minimum atomic E-state index is -0.560. The van der Waals surface area contributed by atoms with Crippen molar-refractivity contribution in [1.82, 2.24) is 29.4 Å². The average molecular weight is 1650 g/mol. The van der Waals surface area contributed by atoms with Gasteiger partial charge in [-0.2, -0.15) is 0 Å². The van der Waals surface area contributed by atoms with Gasteiger partial charge in [-0.15, -0.1) is 23.5 Å². The van der Waals surface area contributed by atoms with E-state index < -0.39 is 25.3 Å². The summed E-state index contributed by atoms with van der Waals surface area (Å²) in [6.45, 7) is 0.240. The van der Waals surface area contributed by atoms with Gasteiger partial charge in [0, 0.05) is 128 Å². The third-order valence-corrected chi connectivity index (χ3v) is 19.6. The summed E-state index contributed by atoms with van der Waals surface area (Å²) in [4.78, 5) is 98.2. The molecule has 6 aromatic carbocycles. The van der Waals surface area contributed by atoms with Crippen LogP contribution in [-0.4, -0.2) is 230 Å². The second-order valence-electron chi connectivity index (χ2n) is 24.0. The molecule has 0 saturated heterocycles. The largest absolute Gasteiger partial charge is 0.396 e. The Kier molecular flexibility index (Phi) is 57.4. The third-order valence-electron chi connectivity index (χ3n) is 17.7. The standard InChI is InChI=1S/C26H30N4O4.C24H26N4O4.C24H24N2O4S2.18CH4/c1-27(13-15-31)19-9-5-17(6-10-19)23-21-22(26(34)29(23)3)24(30(4)25(21)33)18-7-11-20(12-8-18)28(2)14-16-32;1-25(2)17-9-5-15(6-10-17)21-19-20(24(32)27(21)13-29)22(28(14-30)23(19)31)16-7-11-18(12-8-16)26(3)4;1-25-21(15-3-7-17(8-4-15)31-13-11-27)19-20(23(25)29)22(26(2)24(19)30)16-5-9-18(10-6-16)32-14-12-28;;;;;;;;;;;;;;;;;;/h5-12,31-32H,13-16H2,1-4H3;5-12,29-30H,13-14H2,1-4H3;3-10,27-28H,11-14H2,1-2H3;18*1H4. The monoisotopic (exact) mass is 1650 g/mol. The Balaban J connectivity index is -0.000000196. The summed E-state index contributed by atoms with van der Waals surface area (Å²) in [6, 6.07) is 45.5. The minimum absolute atomic E-state index is 0. The number of rotatable bonds is 22. The maximum Gasteiger partial charge on any atom is 0.263 e. The molecule has 0 unspecified atom stereocenters. The smallest absolute Gasteiger partial charge is 0.263 e. The van der Waals surface area contributed by atoms with E-state index >= 15 is 0 Å². The van der Waals surface area contributed by atoms with E-state index in [2.05, 4.69) is 0 Å². The van der Waals surface area contributed by atoms with E-state index in [1.54, 1.807) is 71.3 Å². The highest BCUT2D eigenvalue weighted by Crippen LogP contribution is 2.49. The molecule has 0 saturated carbocycles. The fourth-order valence-corrected chi connectivity index (χ4v) is 13.9. The van der Waals surface area contributed by atoms with Crippen LogP contribution in [-0.2, 0) is 28.8 Å². The van der Waals surface area contributed by atoms with Gasteiger partial charge in [-0.05, 0) is 106 Å². The molecule has 6 aromatic rings. The Bertz CT molecular complexity index is 4010. The number of nitrogens with zero attached hydrogens (tertiary/aromatic N) is 10. The van der Waals surface area contributed by atoms with Crippen molar-refractivity contribution in [2.45, 2.75) is 143 Å². The van der Waals surface area contributed by atoms with E-state index in [-0.39, 0.29) is 195 Å². The number of hydrogen-bond donors (Lipinski definition) is 6. The second kappa shape index (κ2) is 53.5. The minimum Gasteiger partial charge on any atom is -0.396 e. The van der Waals surface area contributed by atoms with Crippen LogP contribution in [0.3, 0.4) is 0 Å². The lowest BCUT2D eigenvalue weighted by atomic mass is 10.0. The Morgan fingerprint density at radius 1 is 0.259 bits per heavy atom. The normalized spacial score (nSPS) is 13.3. The van der Waals surface area contributed by atoms with Crippen LogP contribution in [0.5, 0.6) is 0 Å². The van der Waals surface area contributed by atoms with E-state index in [9.17, 15) is 49.2 Å². The van der Waals surface area contributed by atoms with Crippen molar-refractivity contribution in [2.75, 3.05) is 155 Å². The lowest BCUT2D eigenvalue weighted by Crippen LogP contribution is -2.30. The number of aliphatic hydroxyl groups excluding tert-OH is 6. The molecular formula is C92H152N10O12S2. The first-order chi connectivity index (χ1) is 47.1. The molecule has 0 bridgehead atoms. The molecule has 24 heteroatoms. The Morgan fingerprint density at radius 3 is 0.638 bits per heavy atom. The first-order valence-electron chi connectivity index (χ1n) is 31.6. The predicted octanol–water partition coefficient (Wildman–Crippen LogP) is 17.5. The lowest BCUT2D eigenvalue weighted by Gasteiger charge is -2.23. The number of benzene rings is 6. The van der Waals surface area contributed by atoms with Crippen molar-refractivity contribution in [3.8, 4) is 0 Å². The summed E-state index contributed by atoms with van der Waals surface area (Å²) in [6.07, 6.45) is 0. The highest BCUT2D eigenvalue weighted by Gasteiger charge is 2.50. The summed E-state index contributed by atoms with van der Waals surface area (Å²) < 4.78 is 0. The van der Waals surface area contributed by atoms with Gasteiger partial charge in [-0.25, -0.2) is 0 Å². The molecule has 116 heavy (non-hydrogen) atoms. The van der Waals surface area contributed by atoms with E-state index in [0.29, 0.717) is 92.2 Å². The molecule has 0 spiro atoms. The molecule has 0 fully saturated rings. The zero-order chi connectivity index (χ0) is 70.5. The van der Waals surface area contributed by atoms with Gasteiger partial charge in [-0.3, -0.25) is 38.6 Å². The molecule has 654 valence electrons. The molecule has 6 aliphatic rings. The van der Waals surface area contributed by atoms with Crippen LogP contribution in [0.4, 0.5) is 22.7 Å². The Morgan fingerprint density at radius 2 is 0.448 bits per heavy atom. The number of hydrogen-bond acceptors (Lipinski definition) is 18. The summed E-state index contributed by atoms with van der Waals surface area (Å²) in [5.74, 6) is -0.512. The zero-order valence-corrected chi connectivity index (χ0v) is 58.0. The predicted molar refractivity (Wildman–Crippen MR) is 505 cm³/mol. The van der Waals surface area contributed by atoms with Crippen LogP contribution in [0.1, 0.15) is 167 Å². The molecule has 6 amide bonds. The van der Waals surface area contributed by atoms with Crippen molar-refractivity contribution >= 4 is 116 Å². The highest BCUT2D eigenvalue weighted by molar-refractivity contribution is 7.99. The highest BCUT2D eigenvalue weighted by atomic mass is 32.2. The maximum atomic E-state index is 13.3. The first kappa shape index (κ1) is 124. The molecule has 0 aromatic heterocycles. The zero-order valence-electron chi connectivity index (χ0n) is 56.3. The number of fused-ring (bicyclic) bond motifs is 3. The van der Waals surface area contributed by atoms with E-state index in [1.807, 2.05) is 207 Å². The topological polar surface area (TPSA) is 256 Å². The van der Waals surface area contributed by atoms with Gasteiger partial charge < -0.3 is 69.8 Å². The molecule has 12 rings (SSSR count). The van der Waals surface area contributed by atoms with Crippen molar-refractivity contribution in [3.05, 3.63) is 212 Å². The number of anilines is 4. The van der Waals surface area contributed by atoms with Gasteiger partial charge in [0.15, 0.2) is 0 Å². The third kappa shape index (κ3) is 23.8. The molecule has 6 N–H and O–H groups in total. The second-order valence-corrected chi connectivity index (χ2v) is 26.3. The molecule has 0 aliphatic carbocycles. The fourth-order valence-electron chi connectivity index (χ4n) is 12.6. The number of amides is 6. The summed E-state index contributed by atoms with van der Waals surface area (Å²) in [5, 5.41) is 56.4. The van der Waals surface area contributed by atoms with Crippen molar-refractivity contribution in [3.63, 3.8) is 0 Å². The van der Waals surface area contributed by atoms with Gasteiger partial charge in [-0.1, -0.05) is 206 Å². The number of aliphatic hydroxyl groups is 6. The fraction of sp³-hybridized carbons (Fsp3) is 0.413.